The largest absolute Gasteiger partial charge is 0.310 e. The van der Waals surface area contributed by atoms with E-state index in [0.29, 0.717) is 0 Å². The zero-order valence-electron chi connectivity index (χ0n) is 33.5. The van der Waals surface area contributed by atoms with Crippen LogP contribution in [0.1, 0.15) is 65.1 Å². The summed E-state index contributed by atoms with van der Waals surface area (Å²) in [5, 5.41) is 0. The van der Waals surface area contributed by atoms with Crippen LogP contribution in [0.15, 0.2) is 218 Å². The Morgan fingerprint density at radius 2 is 1.05 bits per heavy atom. The van der Waals surface area contributed by atoms with Crippen molar-refractivity contribution >= 4 is 17.1 Å². The quantitative estimate of drug-likeness (QED) is 0.157. The van der Waals surface area contributed by atoms with Crippen molar-refractivity contribution in [2.75, 3.05) is 4.90 Å². The second kappa shape index (κ2) is 13.9. The van der Waals surface area contributed by atoms with Crippen LogP contribution in [0.3, 0.4) is 0 Å². The van der Waals surface area contributed by atoms with Crippen molar-refractivity contribution in [3.63, 3.8) is 0 Å². The number of para-hydroxylation sites is 1. The first kappa shape index (κ1) is 35.2. The first-order valence-electron chi connectivity index (χ1n) is 21.0. The summed E-state index contributed by atoms with van der Waals surface area (Å²) in [5.74, 6) is 0.272. The summed E-state index contributed by atoms with van der Waals surface area (Å²) < 4.78 is 0. The van der Waals surface area contributed by atoms with Crippen LogP contribution in [-0.2, 0) is 10.8 Å². The van der Waals surface area contributed by atoms with E-state index in [4.69, 9.17) is 0 Å². The molecule has 0 bridgehead atoms. The minimum absolute atomic E-state index is 0.0517. The van der Waals surface area contributed by atoms with Gasteiger partial charge in [0.25, 0.3) is 0 Å². The zero-order chi connectivity index (χ0) is 39.6. The normalized spacial score (nSPS) is 16.2. The van der Waals surface area contributed by atoms with Gasteiger partial charge in [-0.3, -0.25) is 0 Å². The third-order valence-electron chi connectivity index (χ3n) is 13.3. The minimum Gasteiger partial charge on any atom is -0.310 e. The Labute approximate surface area is 348 Å². The lowest BCUT2D eigenvalue weighted by molar-refractivity contribution is 0.660. The molecule has 1 unspecified atom stereocenters. The van der Waals surface area contributed by atoms with Crippen molar-refractivity contribution < 1.29 is 0 Å². The number of hydrogen-bond acceptors (Lipinski definition) is 1. The fourth-order valence-corrected chi connectivity index (χ4v) is 10.6. The van der Waals surface area contributed by atoms with Gasteiger partial charge in [0.2, 0.25) is 0 Å². The molecule has 1 atom stereocenters. The van der Waals surface area contributed by atoms with Crippen LogP contribution in [0.5, 0.6) is 0 Å². The van der Waals surface area contributed by atoms with Gasteiger partial charge in [-0.25, -0.2) is 0 Å². The number of nitrogens with zero attached hydrogens (tertiary/aromatic N) is 1. The summed E-state index contributed by atoms with van der Waals surface area (Å²) >= 11 is 0. The molecule has 0 spiro atoms. The fraction of sp³-hybridized carbons (Fsp3) is 0.103. The van der Waals surface area contributed by atoms with Gasteiger partial charge in [-0.05, 0) is 104 Å². The van der Waals surface area contributed by atoms with Crippen LogP contribution in [0.2, 0.25) is 0 Å². The topological polar surface area (TPSA) is 3.24 Å². The third kappa shape index (κ3) is 5.38. The monoisotopic (exact) mass is 755 g/mol. The Balaban J connectivity index is 1.12. The molecule has 1 nitrogen and oxygen atoms in total. The molecular formula is C58H45N. The second-order valence-corrected chi connectivity index (χ2v) is 16.8. The Hall–Kier alpha value is -6.96. The molecule has 282 valence electrons. The summed E-state index contributed by atoms with van der Waals surface area (Å²) in [7, 11) is 0. The van der Waals surface area contributed by atoms with E-state index >= 15 is 0 Å². The van der Waals surface area contributed by atoms with E-state index in [1.165, 1.54) is 83.7 Å². The molecule has 0 radical (unpaired) electrons. The lowest BCUT2D eigenvalue weighted by Gasteiger charge is -2.35. The zero-order valence-corrected chi connectivity index (χ0v) is 33.5. The van der Waals surface area contributed by atoms with Crippen LogP contribution < -0.4 is 4.90 Å². The SMILES string of the molecule is CC1(C)c2ccccc2-c2ccc(-c3ccc(N(c4ccccc4C4C=CC=CC4)c4cccc5c4-c4ccccc4C5(c4ccccc4)c4ccccc4)cc3)cc21. The van der Waals surface area contributed by atoms with E-state index in [1.54, 1.807) is 0 Å². The predicted molar refractivity (Wildman–Crippen MR) is 247 cm³/mol. The van der Waals surface area contributed by atoms with Crippen molar-refractivity contribution in [2.24, 2.45) is 0 Å². The van der Waals surface area contributed by atoms with Crippen molar-refractivity contribution in [2.45, 2.75) is 37.0 Å². The Morgan fingerprint density at radius 1 is 0.458 bits per heavy atom. The summed E-state index contributed by atoms with van der Waals surface area (Å²) in [6.07, 6.45) is 9.99. The van der Waals surface area contributed by atoms with Gasteiger partial charge in [-0.2, -0.15) is 0 Å². The molecule has 3 aliphatic rings. The number of hydrogen-bond donors (Lipinski definition) is 0. The fourth-order valence-electron chi connectivity index (χ4n) is 10.6. The summed E-state index contributed by atoms with van der Waals surface area (Å²) in [5.41, 5.74) is 19.9. The lowest BCUT2D eigenvalue weighted by Crippen LogP contribution is -2.28. The molecule has 0 N–H and O–H groups in total. The Kier molecular flexibility index (Phi) is 8.27. The molecule has 1 heteroatoms. The highest BCUT2D eigenvalue weighted by molar-refractivity contribution is 5.98. The maximum absolute atomic E-state index is 2.54. The smallest absolute Gasteiger partial charge is 0.0714 e. The second-order valence-electron chi connectivity index (χ2n) is 16.8. The molecule has 0 amide bonds. The van der Waals surface area contributed by atoms with Crippen molar-refractivity contribution in [3.05, 3.63) is 257 Å². The first-order valence-corrected chi connectivity index (χ1v) is 21.0. The number of rotatable bonds is 7. The number of fused-ring (bicyclic) bond motifs is 6. The molecular weight excluding hydrogens is 711 g/mol. The highest BCUT2D eigenvalue weighted by Crippen LogP contribution is 2.60. The summed E-state index contributed by atoms with van der Waals surface area (Å²) in [4.78, 5) is 2.54. The van der Waals surface area contributed by atoms with Crippen molar-refractivity contribution in [1.82, 2.24) is 0 Å². The standard InChI is InChI=1S/C58H45N/c1-57(2)50-28-15-12-26-47(50)48-38-35-42(39-53(48)57)40-33-36-45(37-34-40)59(54-31-17-14-25-46(54)41-19-6-3-7-20-41)55-32-18-30-52-56(55)49-27-13-16-29-51(49)58(52,43-21-8-4-9-22-43)44-23-10-5-11-24-44/h3-19,21-39,41H,20H2,1-2H3. The van der Waals surface area contributed by atoms with Gasteiger partial charge in [-0.15, -0.1) is 0 Å². The molecule has 0 saturated carbocycles. The molecule has 0 fully saturated rings. The molecule has 0 aliphatic heterocycles. The number of anilines is 3. The van der Waals surface area contributed by atoms with E-state index in [1.807, 2.05) is 0 Å². The van der Waals surface area contributed by atoms with Gasteiger partial charge in [0.05, 0.1) is 11.1 Å². The molecule has 8 aromatic rings. The lowest BCUT2D eigenvalue weighted by atomic mass is 9.68. The maximum Gasteiger partial charge on any atom is 0.0714 e. The van der Waals surface area contributed by atoms with Gasteiger partial charge in [0.15, 0.2) is 0 Å². The van der Waals surface area contributed by atoms with Gasteiger partial charge in [0, 0.05) is 28.3 Å². The van der Waals surface area contributed by atoms with Crippen LogP contribution in [0, 0.1) is 0 Å². The van der Waals surface area contributed by atoms with Crippen LogP contribution in [0.25, 0.3) is 33.4 Å². The number of benzene rings is 8. The summed E-state index contributed by atoms with van der Waals surface area (Å²) in [6.45, 7) is 4.72. The van der Waals surface area contributed by atoms with Crippen LogP contribution in [-0.4, -0.2) is 0 Å². The van der Waals surface area contributed by atoms with E-state index in [2.05, 4.69) is 237 Å². The van der Waals surface area contributed by atoms with E-state index in [0.717, 1.165) is 12.1 Å². The van der Waals surface area contributed by atoms with Gasteiger partial charge in [-0.1, -0.05) is 202 Å². The van der Waals surface area contributed by atoms with E-state index in [9.17, 15) is 0 Å². The molecule has 0 heterocycles. The van der Waals surface area contributed by atoms with Crippen molar-refractivity contribution in [3.8, 4) is 33.4 Å². The molecule has 0 saturated heterocycles. The van der Waals surface area contributed by atoms with E-state index in [-0.39, 0.29) is 11.3 Å². The van der Waals surface area contributed by atoms with Crippen LogP contribution >= 0.6 is 0 Å². The first-order chi connectivity index (χ1) is 29.0. The van der Waals surface area contributed by atoms with Crippen LogP contribution in [0.4, 0.5) is 17.1 Å². The van der Waals surface area contributed by atoms with E-state index < -0.39 is 5.41 Å². The Bertz CT molecular complexity index is 2890. The molecule has 11 rings (SSSR count). The average molecular weight is 756 g/mol. The number of allylic oxidation sites excluding steroid dienone is 4. The average Bonchev–Trinajstić information content (AvgIpc) is 3.74. The van der Waals surface area contributed by atoms with Gasteiger partial charge < -0.3 is 4.90 Å². The third-order valence-corrected chi connectivity index (χ3v) is 13.3. The highest BCUT2D eigenvalue weighted by atomic mass is 15.1. The molecule has 0 aromatic heterocycles. The van der Waals surface area contributed by atoms with Gasteiger partial charge >= 0.3 is 0 Å². The van der Waals surface area contributed by atoms with Gasteiger partial charge in [0.1, 0.15) is 0 Å². The molecule has 59 heavy (non-hydrogen) atoms. The minimum atomic E-state index is -0.489. The predicted octanol–water partition coefficient (Wildman–Crippen LogP) is 15.1. The van der Waals surface area contributed by atoms with Crippen molar-refractivity contribution in [1.29, 1.82) is 0 Å². The Morgan fingerprint density at radius 3 is 1.78 bits per heavy atom. The molecule has 8 aromatic carbocycles. The molecule has 3 aliphatic carbocycles. The highest BCUT2D eigenvalue weighted by Gasteiger charge is 2.47. The maximum atomic E-state index is 2.54. The summed E-state index contributed by atoms with van der Waals surface area (Å²) in [6, 6.07) is 72.5.